The lowest BCUT2D eigenvalue weighted by Gasteiger charge is -2.47. The van der Waals surface area contributed by atoms with Crippen molar-refractivity contribution in [2.75, 3.05) is 0 Å². The van der Waals surface area contributed by atoms with Crippen molar-refractivity contribution in [3.63, 3.8) is 0 Å². The van der Waals surface area contributed by atoms with E-state index in [1.165, 1.54) is 0 Å². The van der Waals surface area contributed by atoms with Gasteiger partial charge in [0.25, 0.3) is 11.7 Å². The van der Waals surface area contributed by atoms with E-state index in [1.807, 2.05) is 0 Å². The van der Waals surface area contributed by atoms with Gasteiger partial charge >= 0.3 is 5.97 Å². The molecule has 2 aliphatic rings. The van der Waals surface area contributed by atoms with E-state index < -0.39 is 39.7 Å². The maximum atomic E-state index is 15.1. The van der Waals surface area contributed by atoms with Gasteiger partial charge in [-0.15, -0.1) is 11.8 Å². The third kappa shape index (κ3) is 2.45. The Morgan fingerprint density at radius 3 is 2.54 bits per heavy atom. The van der Waals surface area contributed by atoms with Crippen molar-refractivity contribution in [1.29, 1.82) is 0 Å². The number of hydrogen-bond acceptors (Lipinski definition) is 4. The predicted molar refractivity (Wildman–Crippen MR) is 85.9 cm³/mol. The molecule has 1 aromatic rings. The van der Waals surface area contributed by atoms with Crippen LogP contribution in [0.3, 0.4) is 0 Å². The van der Waals surface area contributed by atoms with E-state index in [9.17, 15) is 19.5 Å². The Hall–Kier alpha value is -2.09. The molecule has 0 aliphatic carbocycles. The summed E-state index contributed by atoms with van der Waals surface area (Å²) in [6.45, 7) is 3.29. The molecular weight excluding hydrogens is 335 g/mol. The number of alkyl halides is 1. The summed E-state index contributed by atoms with van der Waals surface area (Å²) in [5.74, 6) is -5.35. The van der Waals surface area contributed by atoms with E-state index in [-0.39, 0.29) is 6.42 Å². The van der Waals surface area contributed by atoms with Crippen LogP contribution in [0.4, 0.5) is 4.39 Å². The number of carbonyl (C=O) groups is 3. The van der Waals surface area contributed by atoms with Crippen molar-refractivity contribution >= 4 is 29.5 Å². The summed E-state index contributed by atoms with van der Waals surface area (Å²) < 4.78 is 14.2. The van der Waals surface area contributed by atoms with Gasteiger partial charge in [-0.05, 0) is 19.4 Å². The number of aliphatic carboxylic acids is 1. The highest BCUT2D eigenvalue weighted by Gasteiger charge is 2.73. The predicted octanol–water partition coefficient (Wildman–Crippen LogP) is 1.16. The zero-order valence-electron chi connectivity index (χ0n) is 13.2. The third-order valence-corrected chi connectivity index (χ3v) is 5.86. The Balaban J connectivity index is 1.75. The molecular formula is C16H17FN2O4S. The number of carboxylic acids is 1. The fourth-order valence-electron chi connectivity index (χ4n) is 3.16. The Morgan fingerprint density at radius 1 is 1.33 bits per heavy atom. The van der Waals surface area contributed by atoms with E-state index in [0.717, 1.165) is 16.7 Å². The number of fused-ring (bicyclic) bond motifs is 1. The van der Waals surface area contributed by atoms with Crippen molar-refractivity contribution in [3.8, 4) is 0 Å². The number of β-lactam (4-membered cyclic amide) rings is 1. The van der Waals surface area contributed by atoms with Crippen LogP contribution in [0.2, 0.25) is 0 Å². The normalized spacial score (nSPS) is 30.5. The van der Waals surface area contributed by atoms with Crippen LogP contribution in [0, 0.1) is 0 Å². The highest BCUT2D eigenvalue weighted by Crippen LogP contribution is 2.55. The first-order valence-electron chi connectivity index (χ1n) is 7.44. The first-order valence-corrected chi connectivity index (χ1v) is 8.32. The minimum atomic E-state index is -2.56. The molecule has 8 heteroatoms. The van der Waals surface area contributed by atoms with Crippen LogP contribution in [0.5, 0.6) is 0 Å². The molecule has 6 nitrogen and oxygen atoms in total. The SMILES string of the molecule is CC1(C)S[C@H]2N(C(=O)C2(F)NC(=O)Cc2ccccc2)[C@H]1C(=O)O. The number of carboxylic acid groups (broad SMARTS) is 1. The molecule has 0 aromatic heterocycles. The lowest BCUT2D eigenvalue weighted by molar-refractivity contribution is -0.181. The summed E-state index contributed by atoms with van der Waals surface area (Å²) in [7, 11) is 0. The second-order valence-electron chi connectivity index (χ2n) is 6.45. The monoisotopic (exact) mass is 352 g/mol. The summed E-state index contributed by atoms with van der Waals surface area (Å²) >= 11 is 1.05. The van der Waals surface area contributed by atoms with Crippen molar-refractivity contribution in [1.82, 2.24) is 10.2 Å². The molecule has 2 fully saturated rings. The van der Waals surface area contributed by atoms with Crippen molar-refractivity contribution < 1.29 is 23.9 Å². The molecule has 2 N–H and O–H groups in total. The summed E-state index contributed by atoms with van der Waals surface area (Å²) in [6.07, 6.45) is -0.0527. The van der Waals surface area contributed by atoms with Crippen LogP contribution in [-0.2, 0) is 20.8 Å². The largest absolute Gasteiger partial charge is 0.480 e. The molecule has 2 saturated heterocycles. The zero-order valence-corrected chi connectivity index (χ0v) is 14.0. The molecule has 0 bridgehead atoms. The van der Waals surface area contributed by atoms with Gasteiger partial charge in [-0.25, -0.2) is 9.18 Å². The van der Waals surface area contributed by atoms with Crippen molar-refractivity contribution in [3.05, 3.63) is 35.9 Å². The number of rotatable bonds is 4. The number of nitrogens with one attached hydrogen (secondary N) is 1. The average molecular weight is 352 g/mol. The van der Waals surface area contributed by atoms with E-state index in [4.69, 9.17) is 0 Å². The molecule has 3 atom stereocenters. The summed E-state index contributed by atoms with van der Waals surface area (Å²) in [5.41, 5.74) is 0.699. The average Bonchev–Trinajstić information content (AvgIpc) is 2.77. The molecule has 3 rings (SSSR count). The highest BCUT2D eigenvalue weighted by molar-refractivity contribution is 8.01. The number of benzene rings is 1. The first kappa shape index (κ1) is 16.8. The molecule has 0 spiro atoms. The van der Waals surface area contributed by atoms with Gasteiger partial charge in [-0.3, -0.25) is 9.59 Å². The van der Waals surface area contributed by atoms with Crippen molar-refractivity contribution in [2.45, 2.75) is 42.2 Å². The molecule has 2 heterocycles. The second kappa shape index (κ2) is 5.47. The van der Waals surface area contributed by atoms with Crippen LogP contribution >= 0.6 is 11.8 Å². The highest BCUT2D eigenvalue weighted by atomic mass is 32.2. The topological polar surface area (TPSA) is 86.7 Å². The molecule has 2 aliphatic heterocycles. The van der Waals surface area contributed by atoms with Gasteiger partial charge in [-0.2, -0.15) is 0 Å². The molecule has 24 heavy (non-hydrogen) atoms. The third-order valence-electron chi connectivity index (χ3n) is 4.25. The summed E-state index contributed by atoms with van der Waals surface area (Å²) in [6, 6.07) is 7.66. The van der Waals surface area contributed by atoms with Crippen LogP contribution in [0.15, 0.2) is 30.3 Å². The quantitative estimate of drug-likeness (QED) is 0.627. The lowest BCUT2D eigenvalue weighted by atomic mass is 9.94. The fourth-order valence-corrected chi connectivity index (χ4v) is 4.74. The molecule has 2 amide bonds. The molecule has 1 aromatic carbocycles. The van der Waals surface area contributed by atoms with E-state index in [2.05, 4.69) is 5.32 Å². The van der Waals surface area contributed by atoms with Gasteiger partial charge in [0.2, 0.25) is 5.91 Å². The number of hydrogen-bond donors (Lipinski definition) is 2. The van der Waals surface area contributed by atoms with Gasteiger partial charge in [0.15, 0.2) is 0 Å². The van der Waals surface area contributed by atoms with E-state index in [1.54, 1.807) is 44.2 Å². The number of thioether (sulfide) groups is 1. The van der Waals surface area contributed by atoms with E-state index >= 15 is 4.39 Å². The molecule has 0 saturated carbocycles. The van der Waals surface area contributed by atoms with Crippen LogP contribution in [0.25, 0.3) is 0 Å². The number of amides is 2. The zero-order chi connectivity index (χ0) is 17.7. The minimum Gasteiger partial charge on any atom is -0.480 e. The standard InChI is InChI=1S/C16H17FN2O4S/c1-15(2)11(12(21)22)19-13(23)16(17,14(19)24-15)18-10(20)8-9-6-4-3-5-7-9/h3-7,11,14H,8H2,1-2H3,(H,18,20)(H,21,22)/t11-,14+,16?/m0/s1. The number of halogens is 1. The van der Waals surface area contributed by atoms with Crippen LogP contribution in [-0.4, -0.2) is 49.7 Å². The second-order valence-corrected chi connectivity index (χ2v) is 8.18. The fraction of sp³-hybridized carbons (Fsp3) is 0.438. The van der Waals surface area contributed by atoms with Gasteiger partial charge < -0.3 is 15.3 Å². The maximum absolute atomic E-state index is 15.1. The minimum absolute atomic E-state index is 0.0527. The Morgan fingerprint density at radius 2 is 1.96 bits per heavy atom. The smallest absolute Gasteiger partial charge is 0.327 e. The Bertz CT molecular complexity index is 711. The van der Waals surface area contributed by atoms with Gasteiger partial charge in [0, 0.05) is 4.75 Å². The van der Waals surface area contributed by atoms with Gasteiger partial charge in [-0.1, -0.05) is 30.3 Å². The van der Waals surface area contributed by atoms with Gasteiger partial charge in [0.1, 0.15) is 11.4 Å². The number of nitrogens with zero attached hydrogens (tertiary/aromatic N) is 1. The number of carbonyl (C=O) groups excluding carboxylic acids is 2. The van der Waals surface area contributed by atoms with Crippen LogP contribution in [0.1, 0.15) is 19.4 Å². The van der Waals surface area contributed by atoms with Gasteiger partial charge in [0.05, 0.1) is 6.42 Å². The lowest BCUT2D eigenvalue weighted by Crippen LogP contribution is -2.77. The summed E-state index contributed by atoms with van der Waals surface area (Å²) in [5, 5.41) is 10.4. The Labute approximate surface area is 142 Å². The maximum Gasteiger partial charge on any atom is 0.327 e. The molecule has 1 unspecified atom stereocenters. The van der Waals surface area contributed by atoms with Crippen molar-refractivity contribution in [2.24, 2.45) is 0 Å². The molecule has 128 valence electrons. The van der Waals surface area contributed by atoms with Crippen LogP contribution < -0.4 is 5.32 Å². The first-order chi connectivity index (χ1) is 11.2. The Kier molecular flexibility index (Phi) is 3.82. The summed E-state index contributed by atoms with van der Waals surface area (Å²) in [4.78, 5) is 36.7. The molecule has 0 radical (unpaired) electrons. The van der Waals surface area contributed by atoms with E-state index in [0.29, 0.717) is 5.56 Å².